The SMILES string of the molecule is CCOC(=O)c1ccc(NC(=O)Cn2c(=O)n(Cc3ccccc3)c(=O)c3nccnc32)cc1. The topological polar surface area (TPSA) is 125 Å². The van der Waals surface area contributed by atoms with Crippen molar-refractivity contribution in [3.05, 3.63) is 99.0 Å². The summed E-state index contributed by atoms with van der Waals surface area (Å²) in [5.74, 6) is -0.972. The zero-order valence-electron chi connectivity index (χ0n) is 18.3. The normalized spacial score (nSPS) is 10.7. The van der Waals surface area contributed by atoms with E-state index in [9.17, 15) is 19.2 Å². The van der Waals surface area contributed by atoms with E-state index in [0.717, 1.165) is 14.7 Å². The smallest absolute Gasteiger partial charge is 0.338 e. The summed E-state index contributed by atoms with van der Waals surface area (Å²) in [7, 11) is 0. The Hall–Kier alpha value is -4.60. The van der Waals surface area contributed by atoms with E-state index in [1.54, 1.807) is 43.3 Å². The van der Waals surface area contributed by atoms with Gasteiger partial charge < -0.3 is 10.1 Å². The van der Waals surface area contributed by atoms with Crippen LogP contribution < -0.4 is 16.6 Å². The molecule has 2 aromatic heterocycles. The van der Waals surface area contributed by atoms with Crippen LogP contribution in [-0.2, 0) is 22.6 Å². The van der Waals surface area contributed by atoms with Crippen molar-refractivity contribution < 1.29 is 14.3 Å². The van der Waals surface area contributed by atoms with Crippen LogP contribution in [0.3, 0.4) is 0 Å². The molecule has 1 N–H and O–H groups in total. The van der Waals surface area contributed by atoms with Crippen LogP contribution in [0.5, 0.6) is 0 Å². The van der Waals surface area contributed by atoms with Crippen LogP contribution in [0.4, 0.5) is 5.69 Å². The van der Waals surface area contributed by atoms with Crippen molar-refractivity contribution >= 4 is 28.7 Å². The summed E-state index contributed by atoms with van der Waals surface area (Å²) < 4.78 is 7.10. The van der Waals surface area contributed by atoms with Gasteiger partial charge in [0.1, 0.15) is 6.54 Å². The molecule has 0 atom stereocenters. The molecule has 0 unspecified atom stereocenters. The quantitative estimate of drug-likeness (QED) is 0.418. The fourth-order valence-corrected chi connectivity index (χ4v) is 3.43. The molecule has 2 heterocycles. The minimum absolute atomic E-state index is 0.00961. The van der Waals surface area contributed by atoms with Gasteiger partial charge in [0.15, 0.2) is 11.2 Å². The summed E-state index contributed by atoms with van der Waals surface area (Å²) in [5.41, 5.74) is 0.295. The highest BCUT2D eigenvalue weighted by molar-refractivity contribution is 5.93. The molecule has 0 aliphatic heterocycles. The Morgan fingerprint density at radius 1 is 0.941 bits per heavy atom. The number of carbonyl (C=O) groups excluding carboxylic acids is 2. The number of nitrogens with zero attached hydrogens (tertiary/aromatic N) is 4. The first-order chi connectivity index (χ1) is 16.5. The van der Waals surface area contributed by atoms with Gasteiger partial charge in [0.2, 0.25) is 5.91 Å². The number of nitrogens with one attached hydrogen (secondary N) is 1. The molecule has 10 heteroatoms. The molecular formula is C24H21N5O5. The Kier molecular flexibility index (Phi) is 6.58. The van der Waals surface area contributed by atoms with Gasteiger partial charge in [0.25, 0.3) is 5.56 Å². The lowest BCUT2D eigenvalue weighted by Crippen LogP contribution is -2.42. The number of rotatable bonds is 7. The number of fused-ring (bicyclic) bond motifs is 1. The molecular weight excluding hydrogens is 438 g/mol. The summed E-state index contributed by atoms with van der Waals surface area (Å²) in [6.07, 6.45) is 2.71. The summed E-state index contributed by atoms with van der Waals surface area (Å²) >= 11 is 0. The second kappa shape index (κ2) is 9.90. The standard InChI is InChI=1S/C24H21N5O5/c1-2-34-23(32)17-8-10-18(11-9-17)27-19(30)15-28-21-20(25-12-13-26-21)22(31)29(24(28)33)14-16-6-4-3-5-7-16/h3-13H,2,14-15H2,1H3,(H,27,30). The van der Waals surface area contributed by atoms with Crippen LogP contribution in [-0.4, -0.2) is 37.6 Å². The monoisotopic (exact) mass is 459 g/mol. The van der Waals surface area contributed by atoms with Crippen LogP contribution in [0.25, 0.3) is 11.2 Å². The Labute approximate surface area is 193 Å². The minimum atomic E-state index is -0.672. The molecule has 0 radical (unpaired) electrons. The van der Waals surface area contributed by atoms with E-state index >= 15 is 0 Å². The van der Waals surface area contributed by atoms with Gasteiger partial charge in [-0.25, -0.2) is 19.6 Å². The lowest BCUT2D eigenvalue weighted by molar-refractivity contribution is -0.116. The van der Waals surface area contributed by atoms with Crippen molar-refractivity contribution in [3.63, 3.8) is 0 Å². The lowest BCUT2D eigenvalue weighted by Gasteiger charge is -2.13. The van der Waals surface area contributed by atoms with E-state index in [-0.39, 0.29) is 30.9 Å². The van der Waals surface area contributed by atoms with Crippen LogP contribution in [0.2, 0.25) is 0 Å². The molecule has 0 bridgehead atoms. The number of aromatic nitrogens is 4. The molecule has 1 amide bonds. The first-order valence-corrected chi connectivity index (χ1v) is 10.5. The molecule has 0 aliphatic carbocycles. The van der Waals surface area contributed by atoms with Crippen LogP contribution >= 0.6 is 0 Å². The average molecular weight is 459 g/mol. The van der Waals surface area contributed by atoms with Gasteiger partial charge in [-0.1, -0.05) is 30.3 Å². The number of ether oxygens (including phenoxy) is 1. The van der Waals surface area contributed by atoms with Crippen molar-refractivity contribution in [2.75, 3.05) is 11.9 Å². The lowest BCUT2D eigenvalue weighted by atomic mass is 10.2. The summed E-state index contributed by atoms with van der Waals surface area (Å²) in [6.45, 7) is 1.62. The minimum Gasteiger partial charge on any atom is -0.462 e. The Morgan fingerprint density at radius 2 is 1.65 bits per heavy atom. The number of benzene rings is 2. The maximum Gasteiger partial charge on any atom is 0.338 e. The molecule has 10 nitrogen and oxygen atoms in total. The van der Waals surface area contributed by atoms with Gasteiger partial charge in [-0.15, -0.1) is 0 Å². The molecule has 0 spiro atoms. The third-order valence-corrected chi connectivity index (χ3v) is 5.01. The molecule has 4 rings (SSSR count). The van der Waals surface area contributed by atoms with Gasteiger partial charge in [-0.3, -0.25) is 18.7 Å². The number of carbonyl (C=O) groups is 2. The first-order valence-electron chi connectivity index (χ1n) is 10.5. The number of esters is 1. The fourth-order valence-electron chi connectivity index (χ4n) is 3.43. The number of hydrogen-bond acceptors (Lipinski definition) is 7. The van der Waals surface area contributed by atoms with Gasteiger partial charge in [-0.2, -0.15) is 0 Å². The Balaban J connectivity index is 1.63. The predicted molar refractivity (Wildman–Crippen MR) is 125 cm³/mol. The Morgan fingerprint density at radius 3 is 2.35 bits per heavy atom. The van der Waals surface area contributed by atoms with Crippen molar-refractivity contribution in [2.24, 2.45) is 0 Å². The molecule has 0 fully saturated rings. The highest BCUT2D eigenvalue weighted by atomic mass is 16.5. The number of hydrogen-bond donors (Lipinski definition) is 1. The van der Waals surface area contributed by atoms with Crippen LogP contribution in [0.1, 0.15) is 22.8 Å². The number of anilines is 1. The van der Waals surface area contributed by atoms with Crippen molar-refractivity contribution in [1.29, 1.82) is 0 Å². The van der Waals surface area contributed by atoms with Crippen molar-refractivity contribution in [1.82, 2.24) is 19.1 Å². The summed E-state index contributed by atoms with van der Waals surface area (Å²) in [4.78, 5) is 58.9. The van der Waals surface area contributed by atoms with E-state index < -0.39 is 23.1 Å². The molecule has 4 aromatic rings. The fraction of sp³-hybridized carbons (Fsp3) is 0.167. The largest absolute Gasteiger partial charge is 0.462 e. The van der Waals surface area contributed by atoms with Crippen LogP contribution in [0.15, 0.2) is 76.6 Å². The molecule has 34 heavy (non-hydrogen) atoms. The van der Waals surface area contributed by atoms with Gasteiger partial charge in [0.05, 0.1) is 18.7 Å². The molecule has 0 saturated heterocycles. The molecule has 172 valence electrons. The van der Waals surface area contributed by atoms with E-state index in [4.69, 9.17) is 4.74 Å². The molecule has 0 aliphatic rings. The maximum atomic E-state index is 13.2. The second-order valence-electron chi connectivity index (χ2n) is 7.32. The third kappa shape index (κ3) is 4.75. The maximum absolute atomic E-state index is 13.2. The van der Waals surface area contributed by atoms with Crippen LogP contribution in [0, 0.1) is 0 Å². The molecule has 2 aromatic carbocycles. The molecule has 0 saturated carbocycles. The van der Waals surface area contributed by atoms with E-state index in [1.807, 2.05) is 6.07 Å². The zero-order chi connectivity index (χ0) is 24.1. The van der Waals surface area contributed by atoms with Gasteiger partial charge in [0, 0.05) is 18.1 Å². The second-order valence-corrected chi connectivity index (χ2v) is 7.32. The Bertz CT molecular complexity index is 1460. The van der Waals surface area contributed by atoms with Crippen molar-refractivity contribution in [2.45, 2.75) is 20.0 Å². The van der Waals surface area contributed by atoms with E-state index in [2.05, 4.69) is 15.3 Å². The van der Waals surface area contributed by atoms with Gasteiger partial charge >= 0.3 is 11.7 Å². The average Bonchev–Trinajstić information content (AvgIpc) is 2.85. The highest BCUT2D eigenvalue weighted by Crippen LogP contribution is 2.11. The number of amides is 1. The summed E-state index contributed by atoms with van der Waals surface area (Å²) in [5, 5.41) is 2.68. The first kappa shape index (κ1) is 22.6. The van der Waals surface area contributed by atoms with Gasteiger partial charge in [-0.05, 0) is 36.8 Å². The predicted octanol–water partition coefficient (Wildman–Crippen LogP) is 1.82. The summed E-state index contributed by atoms with van der Waals surface area (Å²) in [6, 6.07) is 15.2. The van der Waals surface area contributed by atoms with E-state index in [1.165, 1.54) is 24.5 Å². The zero-order valence-corrected chi connectivity index (χ0v) is 18.3. The third-order valence-electron chi connectivity index (χ3n) is 5.01. The van der Waals surface area contributed by atoms with Crippen molar-refractivity contribution in [3.8, 4) is 0 Å². The highest BCUT2D eigenvalue weighted by Gasteiger charge is 2.18. The van der Waals surface area contributed by atoms with E-state index in [0.29, 0.717) is 11.3 Å².